The Morgan fingerprint density at radius 3 is 2.69 bits per heavy atom. The van der Waals surface area contributed by atoms with Crippen molar-refractivity contribution < 1.29 is 4.79 Å². The standard InChI is InChI=1S/C24H30N4O/c1-18(19-7-4-3-5-8-19)26-24(29)20-10-14-28(15-11-20)16-12-21-17-27(2)23-22(21)9-6-13-25-23/h3-9,13,17-18,20H,10-12,14-16H2,1-2H3,(H,26,29)/t18-/m0/s1. The summed E-state index contributed by atoms with van der Waals surface area (Å²) in [4.78, 5) is 19.6. The predicted octanol–water partition coefficient (Wildman–Crippen LogP) is 3.71. The number of carbonyl (C=O) groups excluding carboxylic acids is 1. The van der Waals surface area contributed by atoms with E-state index in [1.54, 1.807) is 0 Å². The highest BCUT2D eigenvalue weighted by molar-refractivity contribution is 5.80. The molecule has 152 valence electrons. The molecule has 1 aromatic carbocycles. The number of benzene rings is 1. The minimum atomic E-state index is 0.0571. The highest BCUT2D eigenvalue weighted by Gasteiger charge is 2.26. The Morgan fingerprint density at radius 2 is 1.93 bits per heavy atom. The highest BCUT2D eigenvalue weighted by atomic mass is 16.1. The molecule has 5 nitrogen and oxygen atoms in total. The molecule has 5 heteroatoms. The van der Waals surface area contributed by atoms with Crippen LogP contribution in [0.25, 0.3) is 11.0 Å². The predicted molar refractivity (Wildman–Crippen MR) is 117 cm³/mol. The van der Waals surface area contributed by atoms with Gasteiger partial charge in [-0.1, -0.05) is 30.3 Å². The van der Waals surface area contributed by atoms with Gasteiger partial charge in [0.2, 0.25) is 5.91 Å². The normalized spacial score (nSPS) is 16.8. The van der Waals surface area contributed by atoms with E-state index in [0.717, 1.165) is 50.1 Å². The smallest absolute Gasteiger partial charge is 0.223 e. The lowest BCUT2D eigenvalue weighted by Gasteiger charge is -2.31. The molecule has 0 unspecified atom stereocenters. The molecule has 0 bridgehead atoms. The molecule has 1 saturated heterocycles. The van der Waals surface area contributed by atoms with Gasteiger partial charge >= 0.3 is 0 Å². The number of hydrogen-bond donors (Lipinski definition) is 1. The van der Waals surface area contributed by atoms with E-state index in [-0.39, 0.29) is 17.9 Å². The van der Waals surface area contributed by atoms with E-state index in [1.807, 2.05) is 30.5 Å². The number of fused-ring (bicyclic) bond motifs is 1. The number of pyridine rings is 1. The number of rotatable bonds is 6. The zero-order valence-corrected chi connectivity index (χ0v) is 17.3. The van der Waals surface area contributed by atoms with Gasteiger partial charge in [0.05, 0.1) is 6.04 Å². The van der Waals surface area contributed by atoms with E-state index < -0.39 is 0 Å². The highest BCUT2D eigenvalue weighted by Crippen LogP contribution is 2.22. The van der Waals surface area contributed by atoms with Crippen LogP contribution in [-0.4, -0.2) is 40.0 Å². The summed E-state index contributed by atoms with van der Waals surface area (Å²) in [5.41, 5.74) is 3.56. The fourth-order valence-corrected chi connectivity index (χ4v) is 4.35. The molecule has 1 amide bonds. The summed E-state index contributed by atoms with van der Waals surface area (Å²) >= 11 is 0. The van der Waals surface area contributed by atoms with Gasteiger partial charge in [0.1, 0.15) is 5.65 Å². The third-order valence-electron chi connectivity index (χ3n) is 6.13. The maximum absolute atomic E-state index is 12.7. The molecule has 1 aliphatic heterocycles. The van der Waals surface area contributed by atoms with Gasteiger partial charge in [-0.2, -0.15) is 0 Å². The molecule has 3 heterocycles. The Labute approximate surface area is 172 Å². The summed E-state index contributed by atoms with van der Waals surface area (Å²) in [6.07, 6.45) is 6.93. The lowest BCUT2D eigenvalue weighted by Crippen LogP contribution is -2.41. The van der Waals surface area contributed by atoms with Crippen LogP contribution in [0, 0.1) is 5.92 Å². The molecule has 1 N–H and O–H groups in total. The number of carbonyl (C=O) groups is 1. The lowest BCUT2D eigenvalue weighted by molar-refractivity contribution is -0.127. The van der Waals surface area contributed by atoms with Crippen molar-refractivity contribution in [1.82, 2.24) is 19.8 Å². The average Bonchev–Trinajstić information content (AvgIpc) is 3.09. The Balaban J connectivity index is 1.26. The first-order valence-corrected chi connectivity index (χ1v) is 10.6. The molecule has 2 aromatic heterocycles. The molecule has 1 atom stereocenters. The largest absolute Gasteiger partial charge is 0.349 e. The van der Waals surface area contributed by atoms with Gasteiger partial charge in [-0.3, -0.25) is 4.79 Å². The number of amides is 1. The number of hydrogen-bond acceptors (Lipinski definition) is 3. The summed E-state index contributed by atoms with van der Waals surface area (Å²) in [7, 11) is 2.05. The first-order valence-electron chi connectivity index (χ1n) is 10.6. The summed E-state index contributed by atoms with van der Waals surface area (Å²) in [6.45, 7) is 5.06. The Morgan fingerprint density at radius 1 is 1.17 bits per heavy atom. The minimum Gasteiger partial charge on any atom is -0.349 e. The van der Waals surface area contributed by atoms with Gasteiger partial charge in [-0.15, -0.1) is 0 Å². The third-order valence-corrected chi connectivity index (χ3v) is 6.13. The van der Waals surface area contributed by atoms with Crippen LogP contribution in [0.1, 0.15) is 36.9 Å². The molecule has 4 rings (SSSR count). The van der Waals surface area contributed by atoms with E-state index in [0.29, 0.717) is 0 Å². The number of aromatic nitrogens is 2. The quantitative estimate of drug-likeness (QED) is 0.698. The Bertz CT molecular complexity index is 957. The molecule has 29 heavy (non-hydrogen) atoms. The summed E-state index contributed by atoms with van der Waals surface area (Å²) < 4.78 is 2.11. The number of nitrogens with one attached hydrogen (secondary N) is 1. The van der Waals surface area contributed by atoms with E-state index in [1.165, 1.54) is 10.9 Å². The maximum Gasteiger partial charge on any atom is 0.223 e. The topological polar surface area (TPSA) is 50.2 Å². The average molecular weight is 391 g/mol. The monoisotopic (exact) mass is 390 g/mol. The second kappa shape index (κ2) is 8.78. The van der Waals surface area contributed by atoms with Crippen LogP contribution >= 0.6 is 0 Å². The summed E-state index contributed by atoms with van der Waals surface area (Å²) in [5.74, 6) is 0.320. The van der Waals surface area contributed by atoms with E-state index in [9.17, 15) is 4.79 Å². The van der Waals surface area contributed by atoms with Crippen LogP contribution in [0.15, 0.2) is 54.9 Å². The van der Waals surface area contributed by atoms with E-state index in [4.69, 9.17) is 0 Å². The molecule has 0 radical (unpaired) electrons. The van der Waals surface area contributed by atoms with Gasteiger partial charge in [0.25, 0.3) is 0 Å². The van der Waals surface area contributed by atoms with Crippen molar-refractivity contribution in [2.75, 3.05) is 19.6 Å². The number of aryl methyl sites for hydroxylation is 1. The van der Waals surface area contributed by atoms with Crippen LogP contribution in [0.5, 0.6) is 0 Å². The molecule has 0 spiro atoms. The van der Waals surface area contributed by atoms with E-state index >= 15 is 0 Å². The van der Waals surface area contributed by atoms with Crippen LogP contribution in [-0.2, 0) is 18.3 Å². The zero-order chi connectivity index (χ0) is 20.2. The van der Waals surface area contributed by atoms with Gasteiger partial charge < -0.3 is 14.8 Å². The molecular weight excluding hydrogens is 360 g/mol. The second-order valence-corrected chi connectivity index (χ2v) is 8.15. The van der Waals surface area contributed by atoms with E-state index in [2.05, 4.69) is 58.1 Å². The summed E-state index contributed by atoms with van der Waals surface area (Å²) in [6, 6.07) is 14.4. The molecular formula is C24H30N4O. The fourth-order valence-electron chi connectivity index (χ4n) is 4.35. The van der Waals surface area contributed by atoms with Crippen molar-refractivity contribution in [3.05, 3.63) is 66.0 Å². The Hall–Kier alpha value is -2.66. The molecule has 0 aliphatic carbocycles. The van der Waals surface area contributed by atoms with Crippen molar-refractivity contribution in [3.63, 3.8) is 0 Å². The zero-order valence-electron chi connectivity index (χ0n) is 17.3. The molecule has 0 saturated carbocycles. The van der Waals surface area contributed by atoms with Gasteiger partial charge in [0, 0.05) is 37.3 Å². The number of likely N-dealkylation sites (tertiary alicyclic amines) is 1. The van der Waals surface area contributed by atoms with Gasteiger partial charge in [-0.25, -0.2) is 4.98 Å². The SMILES string of the molecule is C[C@H](NC(=O)C1CCN(CCc2cn(C)c3ncccc23)CC1)c1ccccc1. The third kappa shape index (κ3) is 4.51. The molecule has 1 fully saturated rings. The number of nitrogens with zero attached hydrogens (tertiary/aromatic N) is 3. The first-order chi connectivity index (χ1) is 14.1. The van der Waals surface area contributed by atoms with Crippen LogP contribution in [0.2, 0.25) is 0 Å². The van der Waals surface area contributed by atoms with Crippen molar-refractivity contribution in [2.24, 2.45) is 13.0 Å². The summed E-state index contributed by atoms with van der Waals surface area (Å²) in [5, 5.41) is 4.44. The Kier molecular flexibility index (Phi) is 5.95. The molecule has 1 aliphatic rings. The second-order valence-electron chi connectivity index (χ2n) is 8.15. The first kappa shape index (κ1) is 19.6. The van der Waals surface area contributed by atoms with Crippen LogP contribution < -0.4 is 5.32 Å². The van der Waals surface area contributed by atoms with Crippen molar-refractivity contribution in [1.29, 1.82) is 0 Å². The molecule has 3 aromatic rings. The van der Waals surface area contributed by atoms with Crippen LogP contribution in [0.3, 0.4) is 0 Å². The fraction of sp³-hybridized carbons (Fsp3) is 0.417. The van der Waals surface area contributed by atoms with Crippen molar-refractivity contribution >= 4 is 16.9 Å². The van der Waals surface area contributed by atoms with Gasteiger partial charge in [-0.05, 0) is 62.5 Å². The van der Waals surface area contributed by atoms with Crippen LogP contribution in [0.4, 0.5) is 0 Å². The number of piperidine rings is 1. The van der Waals surface area contributed by atoms with Crippen molar-refractivity contribution in [3.8, 4) is 0 Å². The van der Waals surface area contributed by atoms with Crippen molar-refractivity contribution in [2.45, 2.75) is 32.2 Å². The minimum absolute atomic E-state index is 0.0571. The van der Waals surface area contributed by atoms with Gasteiger partial charge in [0.15, 0.2) is 0 Å². The lowest BCUT2D eigenvalue weighted by atomic mass is 9.95. The maximum atomic E-state index is 12.7.